The molecule has 2 rings (SSSR count). The Kier molecular flexibility index (Phi) is 5.56. The second-order valence-electron chi connectivity index (χ2n) is 6.00. The minimum atomic E-state index is -0.0944. The zero-order valence-electron chi connectivity index (χ0n) is 13.1. The number of likely N-dealkylation sites (tertiary alicyclic amines) is 1. The third kappa shape index (κ3) is 5.01. The number of ether oxygens (including phenoxy) is 1. The maximum Gasteiger partial charge on any atom is 0.323 e. The van der Waals surface area contributed by atoms with Crippen LogP contribution >= 0.6 is 0 Å². The van der Waals surface area contributed by atoms with Gasteiger partial charge in [0.1, 0.15) is 5.82 Å². The average Bonchev–Trinajstić information content (AvgIpc) is 2.87. The quantitative estimate of drug-likeness (QED) is 0.907. The summed E-state index contributed by atoms with van der Waals surface area (Å²) in [6.07, 6.45) is 2.14. The lowest BCUT2D eigenvalue weighted by Gasteiger charge is -2.17. The first-order valence-electron chi connectivity index (χ1n) is 7.66. The van der Waals surface area contributed by atoms with Gasteiger partial charge in [0.05, 0.1) is 6.10 Å². The summed E-state index contributed by atoms with van der Waals surface area (Å²) in [7, 11) is 0. The van der Waals surface area contributed by atoms with E-state index in [2.05, 4.69) is 24.1 Å². The normalized spacial score (nSPS) is 18.3. The zero-order valence-corrected chi connectivity index (χ0v) is 13.1. The van der Waals surface area contributed by atoms with Crippen molar-refractivity contribution in [2.24, 2.45) is 5.92 Å². The highest BCUT2D eigenvalue weighted by Gasteiger charge is 2.26. The molecular weight excluding hydrogens is 266 g/mol. The highest BCUT2D eigenvalue weighted by Crippen LogP contribution is 2.15. The number of nitrogens with one attached hydrogen (secondary N) is 1. The van der Waals surface area contributed by atoms with Gasteiger partial charge < -0.3 is 9.64 Å². The van der Waals surface area contributed by atoms with E-state index >= 15 is 0 Å². The van der Waals surface area contributed by atoms with Gasteiger partial charge in [0.25, 0.3) is 0 Å². The van der Waals surface area contributed by atoms with Crippen LogP contribution in [0.4, 0.5) is 10.6 Å². The number of urea groups is 1. The first kappa shape index (κ1) is 15.8. The molecule has 2 heterocycles. The summed E-state index contributed by atoms with van der Waals surface area (Å²) in [6, 6.07) is 5.50. The number of carbonyl (C=O) groups excluding carboxylic acids is 1. The van der Waals surface area contributed by atoms with Gasteiger partial charge in [-0.1, -0.05) is 19.9 Å². The molecule has 0 saturated carbocycles. The fourth-order valence-corrected chi connectivity index (χ4v) is 2.32. The van der Waals surface area contributed by atoms with E-state index in [0.29, 0.717) is 18.3 Å². The number of nitrogens with zero attached hydrogens (tertiary/aromatic N) is 2. The first-order chi connectivity index (χ1) is 10.0. The SMILES string of the molecule is Cc1cccc(NC(=O)N2CC[C@H](OCCC(C)C)C2)n1. The lowest BCUT2D eigenvalue weighted by atomic mass is 10.1. The monoisotopic (exact) mass is 291 g/mol. The number of hydrogen-bond donors (Lipinski definition) is 1. The molecule has 1 fully saturated rings. The molecule has 5 heteroatoms. The van der Waals surface area contributed by atoms with Crippen molar-refractivity contribution in [3.63, 3.8) is 0 Å². The molecule has 1 aromatic heterocycles. The van der Waals surface area contributed by atoms with Crippen LogP contribution in [0.25, 0.3) is 0 Å². The minimum absolute atomic E-state index is 0.0944. The van der Waals surface area contributed by atoms with Crippen molar-refractivity contribution in [2.75, 3.05) is 25.0 Å². The predicted molar refractivity (Wildman–Crippen MR) is 83.4 cm³/mol. The van der Waals surface area contributed by atoms with Crippen LogP contribution in [0.1, 0.15) is 32.4 Å². The van der Waals surface area contributed by atoms with E-state index in [9.17, 15) is 4.79 Å². The lowest BCUT2D eigenvalue weighted by Crippen LogP contribution is -2.34. The van der Waals surface area contributed by atoms with Crippen molar-refractivity contribution in [3.05, 3.63) is 23.9 Å². The molecule has 0 radical (unpaired) electrons. The second kappa shape index (κ2) is 7.41. The van der Waals surface area contributed by atoms with Gasteiger partial charge in [-0.15, -0.1) is 0 Å². The Labute approximate surface area is 126 Å². The maximum atomic E-state index is 12.2. The summed E-state index contributed by atoms with van der Waals surface area (Å²) in [5.41, 5.74) is 0.893. The molecule has 5 nitrogen and oxygen atoms in total. The minimum Gasteiger partial charge on any atom is -0.376 e. The Hall–Kier alpha value is -1.62. The van der Waals surface area contributed by atoms with Gasteiger partial charge in [-0.2, -0.15) is 0 Å². The van der Waals surface area contributed by atoms with Gasteiger partial charge in [0.2, 0.25) is 0 Å². The fourth-order valence-electron chi connectivity index (χ4n) is 2.32. The number of carbonyl (C=O) groups is 1. The van der Waals surface area contributed by atoms with Gasteiger partial charge in [-0.3, -0.25) is 5.32 Å². The summed E-state index contributed by atoms with van der Waals surface area (Å²) in [5.74, 6) is 1.25. The zero-order chi connectivity index (χ0) is 15.2. The van der Waals surface area contributed by atoms with E-state index in [-0.39, 0.29) is 12.1 Å². The number of rotatable bonds is 5. The third-order valence-corrected chi connectivity index (χ3v) is 3.60. The summed E-state index contributed by atoms with van der Waals surface area (Å²) >= 11 is 0. The molecule has 1 atom stereocenters. The molecule has 2 amide bonds. The second-order valence-corrected chi connectivity index (χ2v) is 6.00. The van der Waals surface area contributed by atoms with Crippen LogP contribution in [0.5, 0.6) is 0 Å². The fraction of sp³-hybridized carbons (Fsp3) is 0.625. The highest BCUT2D eigenvalue weighted by molar-refractivity contribution is 5.88. The van der Waals surface area contributed by atoms with Crippen molar-refractivity contribution in [1.29, 1.82) is 0 Å². The van der Waals surface area contributed by atoms with Crippen LogP contribution in [0.2, 0.25) is 0 Å². The molecule has 0 bridgehead atoms. The van der Waals surface area contributed by atoms with Crippen molar-refractivity contribution in [3.8, 4) is 0 Å². The van der Waals surface area contributed by atoms with Gasteiger partial charge >= 0.3 is 6.03 Å². The number of amides is 2. The molecule has 1 aromatic rings. The predicted octanol–water partition coefficient (Wildman–Crippen LogP) is 3.06. The summed E-state index contributed by atoms with van der Waals surface area (Å²) in [6.45, 7) is 8.46. The molecule has 0 aromatic carbocycles. The van der Waals surface area contributed by atoms with Crippen LogP contribution < -0.4 is 5.32 Å². The van der Waals surface area contributed by atoms with E-state index < -0.39 is 0 Å². The molecule has 1 saturated heterocycles. The van der Waals surface area contributed by atoms with Crippen LogP contribution in [-0.4, -0.2) is 41.7 Å². The Balaban J connectivity index is 1.77. The van der Waals surface area contributed by atoms with Crippen molar-refractivity contribution < 1.29 is 9.53 Å². The maximum absolute atomic E-state index is 12.2. The molecule has 0 spiro atoms. The average molecular weight is 291 g/mol. The molecule has 1 aliphatic rings. The van der Waals surface area contributed by atoms with E-state index in [1.807, 2.05) is 19.1 Å². The van der Waals surface area contributed by atoms with E-state index in [0.717, 1.165) is 31.7 Å². The largest absolute Gasteiger partial charge is 0.376 e. The van der Waals surface area contributed by atoms with Crippen LogP contribution in [-0.2, 0) is 4.74 Å². The molecule has 1 N–H and O–H groups in total. The lowest BCUT2D eigenvalue weighted by molar-refractivity contribution is 0.0547. The van der Waals surface area contributed by atoms with Gasteiger partial charge in [0, 0.05) is 25.4 Å². The molecule has 1 aliphatic heterocycles. The Morgan fingerprint density at radius 3 is 3.05 bits per heavy atom. The molecular formula is C16H25N3O2. The van der Waals surface area contributed by atoms with E-state index in [1.165, 1.54) is 0 Å². The molecule has 0 unspecified atom stereocenters. The number of hydrogen-bond acceptors (Lipinski definition) is 3. The summed E-state index contributed by atoms with van der Waals surface area (Å²) in [5, 5.41) is 2.84. The Morgan fingerprint density at radius 2 is 2.33 bits per heavy atom. The summed E-state index contributed by atoms with van der Waals surface area (Å²) in [4.78, 5) is 18.3. The van der Waals surface area contributed by atoms with Crippen LogP contribution in [0.3, 0.4) is 0 Å². The highest BCUT2D eigenvalue weighted by atomic mass is 16.5. The Bertz CT molecular complexity index is 476. The summed E-state index contributed by atoms with van der Waals surface area (Å²) < 4.78 is 5.83. The van der Waals surface area contributed by atoms with Gasteiger partial charge in [-0.25, -0.2) is 9.78 Å². The standard InChI is InChI=1S/C16H25N3O2/c1-12(2)8-10-21-14-7-9-19(11-14)16(20)18-15-6-4-5-13(3)17-15/h4-6,12,14H,7-11H2,1-3H3,(H,17,18,20)/t14-/m0/s1. The smallest absolute Gasteiger partial charge is 0.323 e. The number of anilines is 1. The number of aryl methyl sites for hydroxylation is 1. The molecule has 21 heavy (non-hydrogen) atoms. The number of pyridine rings is 1. The Morgan fingerprint density at radius 1 is 1.52 bits per heavy atom. The topological polar surface area (TPSA) is 54.5 Å². The van der Waals surface area contributed by atoms with Gasteiger partial charge in [0.15, 0.2) is 0 Å². The van der Waals surface area contributed by atoms with Gasteiger partial charge in [-0.05, 0) is 37.8 Å². The van der Waals surface area contributed by atoms with Crippen molar-refractivity contribution >= 4 is 11.8 Å². The van der Waals surface area contributed by atoms with E-state index in [4.69, 9.17) is 4.74 Å². The van der Waals surface area contributed by atoms with Crippen LogP contribution in [0, 0.1) is 12.8 Å². The molecule has 0 aliphatic carbocycles. The third-order valence-electron chi connectivity index (χ3n) is 3.60. The number of aromatic nitrogens is 1. The van der Waals surface area contributed by atoms with Crippen molar-refractivity contribution in [2.45, 2.75) is 39.7 Å². The van der Waals surface area contributed by atoms with Crippen molar-refractivity contribution in [1.82, 2.24) is 9.88 Å². The molecule has 116 valence electrons. The van der Waals surface area contributed by atoms with Crippen LogP contribution in [0.15, 0.2) is 18.2 Å². The first-order valence-corrected chi connectivity index (χ1v) is 7.66. The van der Waals surface area contributed by atoms with E-state index in [1.54, 1.807) is 11.0 Å².